The number of anilines is 1. The number of carbonyl (C=O) groups excluding carboxylic acids is 3. The molecule has 220 valence electrons. The van der Waals surface area contributed by atoms with E-state index in [2.05, 4.69) is 0 Å². The second-order valence-corrected chi connectivity index (χ2v) is 11.5. The number of aryl methyl sites for hydroxylation is 1. The van der Waals surface area contributed by atoms with Gasteiger partial charge in [-0.3, -0.25) is 14.4 Å². The van der Waals surface area contributed by atoms with Crippen LogP contribution < -0.4 is 19.1 Å². The van der Waals surface area contributed by atoms with E-state index in [1.807, 2.05) is 60.4 Å². The van der Waals surface area contributed by atoms with E-state index < -0.39 is 23.4 Å². The molecule has 2 aliphatic heterocycles. The zero-order valence-electron chi connectivity index (χ0n) is 24.9. The summed E-state index contributed by atoms with van der Waals surface area (Å²) >= 11 is 0. The summed E-state index contributed by atoms with van der Waals surface area (Å²) in [6, 6.07) is 23.9. The van der Waals surface area contributed by atoms with Crippen LogP contribution >= 0.6 is 0 Å². The number of benzene rings is 4. The lowest BCUT2D eigenvalue weighted by Crippen LogP contribution is -2.48. The van der Waals surface area contributed by atoms with Crippen molar-refractivity contribution in [1.29, 1.82) is 0 Å². The highest BCUT2D eigenvalue weighted by Gasteiger charge is 2.71. The van der Waals surface area contributed by atoms with E-state index >= 15 is 0 Å². The molecule has 3 atom stereocenters. The number of nitrogens with zero attached hydrogens (tertiary/aromatic N) is 1. The van der Waals surface area contributed by atoms with Crippen molar-refractivity contribution < 1.29 is 28.6 Å². The van der Waals surface area contributed by atoms with Crippen molar-refractivity contribution in [2.75, 3.05) is 26.2 Å². The van der Waals surface area contributed by atoms with E-state index in [9.17, 15) is 14.4 Å². The molecule has 2 heterocycles. The Hall–Kier alpha value is -5.17. The summed E-state index contributed by atoms with van der Waals surface area (Å²) in [5.41, 5.74) is 2.87. The topological polar surface area (TPSA) is 82.1 Å². The largest absolute Gasteiger partial charge is 0.493 e. The quantitative estimate of drug-likeness (QED) is 0.193. The number of ketones is 3. The van der Waals surface area contributed by atoms with Gasteiger partial charge in [-0.15, -0.1) is 0 Å². The van der Waals surface area contributed by atoms with Crippen LogP contribution in [0.1, 0.15) is 53.7 Å². The smallest absolute Gasteiger partial charge is 0.203 e. The molecule has 7 nitrogen and oxygen atoms in total. The first kappa shape index (κ1) is 27.7. The fourth-order valence-corrected chi connectivity index (χ4v) is 7.50. The lowest BCUT2D eigenvalue weighted by molar-refractivity contribution is 0.0665. The molecular formula is C37H31NO6. The molecule has 0 aromatic heterocycles. The summed E-state index contributed by atoms with van der Waals surface area (Å²) in [7, 11) is 4.56. The van der Waals surface area contributed by atoms with Gasteiger partial charge in [0.15, 0.2) is 28.8 Å². The van der Waals surface area contributed by atoms with E-state index in [-0.39, 0.29) is 17.3 Å². The zero-order chi connectivity index (χ0) is 30.7. The van der Waals surface area contributed by atoms with Gasteiger partial charge in [0.1, 0.15) is 11.5 Å². The Morgan fingerprint density at radius 1 is 0.773 bits per heavy atom. The molecule has 7 heteroatoms. The van der Waals surface area contributed by atoms with Crippen molar-refractivity contribution in [2.24, 2.45) is 5.41 Å². The molecule has 0 bridgehead atoms. The maximum Gasteiger partial charge on any atom is 0.203 e. The van der Waals surface area contributed by atoms with Gasteiger partial charge in [-0.05, 0) is 41.8 Å². The van der Waals surface area contributed by atoms with Crippen molar-refractivity contribution in [3.63, 3.8) is 0 Å². The third-order valence-electron chi connectivity index (χ3n) is 9.34. The SMILES string of the molecule is COc1cc([C@@H]2[C@@H](C(=O)c3ccccc3)N3c4cc(C)ccc4C=C[C@@H]3C23C(=O)c2ccccc2C3=O)cc(OC)c1OC. The molecule has 1 spiro atoms. The highest BCUT2D eigenvalue weighted by atomic mass is 16.5. The number of rotatable bonds is 6. The third-order valence-corrected chi connectivity index (χ3v) is 9.34. The number of Topliss-reactive ketones (excluding diaryl/α,β-unsaturated/α-hetero) is 3. The van der Waals surface area contributed by atoms with Crippen molar-refractivity contribution in [3.05, 3.63) is 124 Å². The zero-order valence-corrected chi connectivity index (χ0v) is 24.9. The predicted octanol–water partition coefficient (Wildman–Crippen LogP) is 6.34. The molecule has 1 saturated heterocycles. The Morgan fingerprint density at radius 3 is 1.98 bits per heavy atom. The molecular weight excluding hydrogens is 554 g/mol. The predicted molar refractivity (Wildman–Crippen MR) is 167 cm³/mol. The molecule has 0 amide bonds. The fraction of sp³-hybridized carbons (Fsp3) is 0.216. The average Bonchev–Trinajstić information content (AvgIpc) is 3.50. The molecule has 0 saturated carbocycles. The second-order valence-electron chi connectivity index (χ2n) is 11.5. The van der Waals surface area contributed by atoms with Crippen molar-refractivity contribution in [2.45, 2.75) is 24.9 Å². The second kappa shape index (κ2) is 10.2. The van der Waals surface area contributed by atoms with Gasteiger partial charge in [-0.1, -0.05) is 78.9 Å². The Kier molecular flexibility index (Phi) is 6.43. The van der Waals surface area contributed by atoms with Gasteiger partial charge in [0.05, 0.1) is 27.4 Å². The minimum atomic E-state index is -1.64. The normalized spacial score (nSPS) is 20.7. The summed E-state index contributed by atoms with van der Waals surface area (Å²) in [5.74, 6) is -0.567. The van der Waals surface area contributed by atoms with Crippen LogP contribution in [0.25, 0.3) is 6.08 Å². The average molecular weight is 586 g/mol. The van der Waals surface area contributed by atoms with Gasteiger partial charge in [0.2, 0.25) is 5.75 Å². The number of carbonyl (C=O) groups is 3. The summed E-state index contributed by atoms with van der Waals surface area (Å²) < 4.78 is 17.1. The van der Waals surface area contributed by atoms with Gasteiger partial charge in [0.25, 0.3) is 0 Å². The molecule has 0 N–H and O–H groups in total. The lowest BCUT2D eigenvalue weighted by Gasteiger charge is -2.37. The molecule has 4 aromatic carbocycles. The first-order chi connectivity index (χ1) is 21.4. The molecule has 44 heavy (non-hydrogen) atoms. The summed E-state index contributed by atoms with van der Waals surface area (Å²) in [6.45, 7) is 1.99. The molecule has 1 aliphatic carbocycles. The molecule has 0 unspecified atom stereocenters. The highest BCUT2D eigenvalue weighted by molar-refractivity contribution is 6.32. The Balaban J connectivity index is 1.59. The van der Waals surface area contributed by atoms with Crippen LogP contribution in [-0.2, 0) is 0 Å². The monoisotopic (exact) mass is 585 g/mol. The maximum absolute atomic E-state index is 14.9. The van der Waals surface area contributed by atoms with Crippen LogP contribution in [0.15, 0.2) is 91.0 Å². The summed E-state index contributed by atoms with van der Waals surface area (Å²) in [6.07, 6.45) is 3.88. The minimum Gasteiger partial charge on any atom is -0.493 e. The first-order valence-corrected chi connectivity index (χ1v) is 14.5. The van der Waals surface area contributed by atoms with Crippen LogP contribution in [0, 0.1) is 12.3 Å². The number of fused-ring (bicyclic) bond motifs is 5. The van der Waals surface area contributed by atoms with Gasteiger partial charge >= 0.3 is 0 Å². The van der Waals surface area contributed by atoms with Crippen LogP contribution in [0.4, 0.5) is 5.69 Å². The van der Waals surface area contributed by atoms with E-state index in [0.717, 1.165) is 16.8 Å². The van der Waals surface area contributed by atoms with Crippen LogP contribution in [-0.4, -0.2) is 50.8 Å². The summed E-state index contributed by atoms with van der Waals surface area (Å²) in [5, 5.41) is 0. The van der Waals surface area contributed by atoms with Crippen LogP contribution in [0.3, 0.4) is 0 Å². The molecule has 4 aromatic rings. The molecule has 0 radical (unpaired) electrons. The van der Waals surface area contributed by atoms with Gasteiger partial charge < -0.3 is 19.1 Å². The van der Waals surface area contributed by atoms with Gasteiger partial charge in [0, 0.05) is 28.3 Å². The van der Waals surface area contributed by atoms with Crippen molar-refractivity contribution >= 4 is 29.1 Å². The van der Waals surface area contributed by atoms with E-state index in [0.29, 0.717) is 39.5 Å². The maximum atomic E-state index is 14.9. The number of methoxy groups -OCH3 is 3. The highest BCUT2D eigenvalue weighted by Crippen LogP contribution is 2.62. The minimum absolute atomic E-state index is 0.189. The number of hydrogen-bond donors (Lipinski definition) is 0. The standard InChI is InChI=1S/C37H31NO6/c1-21-14-15-22-16-17-30-37(35(40)25-12-8-9-13-26(25)36(37)41)31(24-19-28(42-2)34(44-4)29(20-24)43-3)32(38(30)27(22)18-21)33(39)23-10-6-5-7-11-23/h5-20,30-32H,1-4H3/t30-,31-,32+/m1/s1. The molecule has 3 aliphatic rings. The molecule has 7 rings (SSSR count). The fourth-order valence-electron chi connectivity index (χ4n) is 7.50. The lowest BCUT2D eigenvalue weighted by atomic mass is 9.64. The van der Waals surface area contributed by atoms with E-state index in [4.69, 9.17) is 14.2 Å². The van der Waals surface area contributed by atoms with Crippen LogP contribution in [0.2, 0.25) is 0 Å². The van der Waals surface area contributed by atoms with E-state index in [1.54, 1.807) is 48.5 Å². The van der Waals surface area contributed by atoms with Gasteiger partial charge in [-0.2, -0.15) is 0 Å². The summed E-state index contributed by atoms with van der Waals surface area (Å²) in [4.78, 5) is 46.7. The third kappa shape index (κ3) is 3.65. The van der Waals surface area contributed by atoms with Crippen LogP contribution in [0.5, 0.6) is 17.2 Å². The Morgan fingerprint density at radius 2 is 1.39 bits per heavy atom. The van der Waals surface area contributed by atoms with Crippen molar-refractivity contribution in [3.8, 4) is 17.2 Å². The van der Waals surface area contributed by atoms with Gasteiger partial charge in [-0.25, -0.2) is 0 Å². The Bertz CT molecular complexity index is 1820. The number of ether oxygens (including phenoxy) is 3. The van der Waals surface area contributed by atoms with E-state index in [1.165, 1.54) is 21.3 Å². The Labute approximate surface area is 255 Å². The first-order valence-electron chi connectivity index (χ1n) is 14.5. The number of hydrogen-bond acceptors (Lipinski definition) is 7. The molecule has 1 fully saturated rings. The van der Waals surface area contributed by atoms with Crippen molar-refractivity contribution in [1.82, 2.24) is 0 Å².